The van der Waals surface area contributed by atoms with Gasteiger partial charge in [0.25, 0.3) is 0 Å². The van der Waals surface area contributed by atoms with E-state index in [2.05, 4.69) is 5.10 Å². The topological polar surface area (TPSA) is 38.0 Å². The Bertz CT molecular complexity index is 521. The zero-order valence-electron chi connectivity index (χ0n) is 9.98. The van der Waals surface area contributed by atoms with E-state index in [0.29, 0.717) is 12.8 Å². The summed E-state index contributed by atoms with van der Waals surface area (Å²) < 4.78 is 15.3. The SMILES string of the molecule is Cn1nccc1CCC(O)c1c(F)cccc1Cl. The number of rotatable bonds is 4. The molecule has 0 spiro atoms. The predicted octanol–water partition coefficient (Wildman–Crippen LogP) is 2.88. The standard InChI is InChI=1S/C13H14ClFN2O/c1-17-9(7-8-16-17)5-6-12(18)13-10(14)3-2-4-11(13)15/h2-4,7-8,12,18H,5-6H2,1H3. The number of hydrogen-bond acceptors (Lipinski definition) is 2. The molecule has 96 valence electrons. The highest BCUT2D eigenvalue weighted by molar-refractivity contribution is 6.31. The molecule has 0 aliphatic carbocycles. The van der Waals surface area contributed by atoms with E-state index in [4.69, 9.17) is 11.6 Å². The van der Waals surface area contributed by atoms with Gasteiger partial charge in [0.15, 0.2) is 0 Å². The minimum Gasteiger partial charge on any atom is -0.388 e. The van der Waals surface area contributed by atoms with E-state index in [0.717, 1.165) is 5.69 Å². The van der Waals surface area contributed by atoms with Gasteiger partial charge in [-0.2, -0.15) is 5.10 Å². The van der Waals surface area contributed by atoms with Crippen LogP contribution in [0.1, 0.15) is 23.8 Å². The van der Waals surface area contributed by atoms with Gasteiger partial charge in [0.1, 0.15) is 5.82 Å². The van der Waals surface area contributed by atoms with Crippen LogP contribution >= 0.6 is 11.6 Å². The van der Waals surface area contributed by atoms with Crippen LogP contribution in [0.15, 0.2) is 30.5 Å². The van der Waals surface area contributed by atoms with Gasteiger partial charge < -0.3 is 5.11 Å². The third-order valence-electron chi connectivity index (χ3n) is 2.93. The minimum atomic E-state index is -0.909. The van der Waals surface area contributed by atoms with Gasteiger partial charge in [0.05, 0.1) is 6.10 Å². The Morgan fingerprint density at radius 2 is 2.22 bits per heavy atom. The third-order valence-corrected chi connectivity index (χ3v) is 3.26. The van der Waals surface area contributed by atoms with Crippen molar-refractivity contribution in [2.45, 2.75) is 18.9 Å². The molecule has 0 aliphatic heterocycles. The zero-order chi connectivity index (χ0) is 13.1. The lowest BCUT2D eigenvalue weighted by molar-refractivity contribution is 0.162. The number of hydrogen-bond donors (Lipinski definition) is 1. The van der Waals surface area contributed by atoms with Gasteiger partial charge in [-0.05, 0) is 31.0 Å². The molecule has 1 atom stereocenters. The fourth-order valence-corrected chi connectivity index (χ4v) is 2.19. The van der Waals surface area contributed by atoms with Crippen molar-refractivity contribution in [3.05, 3.63) is 52.6 Å². The fraction of sp³-hybridized carbons (Fsp3) is 0.308. The Labute approximate surface area is 110 Å². The van der Waals surface area contributed by atoms with Crippen LogP contribution in [-0.4, -0.2) is 14.9 Å². The molecule has 0 amide bonds. The average Bonchev–Trinajstić information content (AvgIpc) is 2.72. The Hall–Kier alpha value is -1.39. The second-order valence-corrected chi connectivity index (χ2v) is 4.54. The van der Waals surface area contributed by atoms with Crippen molar-refractivity contribution >= 4 is 11.6 Å². The highest BCUT2D eigenvalue weighted by Gasteiger charge is 2.16. The molecule has 0 radical (unpaired) electrons. The van der Waals surface area contributed by atoms with Gasteiger partial charge in [-0.3, -0.25) is 4.68 Å². The van der Waals surface area contributed by atoms with E-state index >= 15 is 0 Å². The van der Waals surface area contributed by atoms with Crippen molar-refractivity contribution in [3.8, 4) is 0 Å². The first kappa shape index (κ1) is 13.1. The van der Waals surface area contributed by atoms with Gasteiger partial charge in [0.2, 0.25) is 0 Å². The molecule has 1 aromatic heterocycles. The largest absolute Gasteiger partial charge is 0.388 e. The summed E-state index contributed by atoms with van der Waals surface area (Å²) in [4.78, 5) is 0. The summed E-state index contributed by atoms with van der Waals surface area (Å²) in [5, 5.41) is 14.3. The van der Waals surface area contributed by atoms with E-state index in [1.807, 2.05) is 13.1 Å². The average molecular weight is 269 g/mol. The molecule has 0 fully saturated rings. The summed E-state index contributed by atoms with van der Waals surface area (Å²) in [7, 11) is 1.83. The van der Waals surface area contributed by atoms with Crippen molar-refractivity contribution in [1.29, 1.82) is 0 Å². The van der Waals surface area contributed by atoms with Crippen LogP contribution in [0.25, 0.3) is 0 Å². The maximum atomic E-state index is 13.6. The molecule has 2 aromatic rings. The van der Waals surface area contributed by atoms with Crippen molar-refractivity contribution in [3.63, 3.8) is 0 Å². The molecule has 5 heteroatoms. The molecule has 0 saturated heterocycles. The maximum Gasteiger partial charge on any atom is 0.130 e. The maximum absolute atomic E-state index is 13.6. The summed E-state index contributed by atoms with van der Waals surface area (Å²) in [6.07, 6.45) is 1.80. The second-order valence-electron chi connectivity index (χ2n) is 4.14. The highest BCUT2D eigenvalue weighted by atomic mass is 35.5. The number of aliphatic hydroxyl groups is 1. The number of nitrogens with zero attached hydrogens (tertiary/aromatic N) is 2. The summed E-state index contributed by atoms with van der Waals surface area (Å²) >= 11 is 5.90. The molecule has 0 aliphatic rings. The molecule has 0 bridgehead atoms. The van der Waals surface area contributed by atoms with Crippen molar-refractivity contribution in [1.82, 2.24) is 9.78 Å². The zero-order valence-corrected chi connectivity index (χ0v) is 10.7. The molecule has 1 N–H and O–H groups in total. The lowest BCUT2D eigenvalue weighted by Crippen LogP contribution is -2.05. The number of aliphatic hydroxyl groups excluding tert-OH is 1. The molecule has 3 nitrogen and oxygen atoms in total. The summed E-state index contributed by atoms with van der Waals surface area (Å²) in [6.45, 7) is 0. The number of aryl methyl sites for hydroxylation is 2. The minimum absolute atomic E-state index is 0.168. The summed E-state index contributed by atoms with van der Waals surface area (Å²) in [5.41, 5.74) is 1.16. The highest BCUT2D eigenvalue weighted by Crippen LogP contribution is 2.28. The predicted molar refractivity (Wildman–Crippen MR) is 67.9 cm³/mol. The van der Waals surface area contributed by atoms with Crippen molar-refractivity contribution in [2.75, 3.05) is 0 Å². The van der Waals surface area contributed by atoms with Gasteiger partial charge in [0, 0.05) is 29.5 Å². The third kappa shape index (κ3) is 2.71. The summed E-state index contributed by atoms with van der Waals surface area (Å²) in [5.74, 6) is -0.472. The van der Waals surface area contributed by atoms with Crippen LogP contribution in [0.4, 0.5) is 4.39 Å². The van der Waals surface area contributed by atoms with Crippen molar-refractivity contribution < 1.29 is 9.50 Å². The molecule has 2 rings (SSSR count). The van der Waals surface area contributed by atoms with Gasteiger partial charge in [-0.1, -0.05) is 17.7 Å². The molecule has 1 heterocycles. The van der Waals surface area contributed by atoms with Crippen LogP contribution in [0.5, 0.6) is 0 Å². The molecule has 18 heavy (non-hydrogen) atoms. The number of benzene rings is 1. The number of halogens is 2. The molecule has 1 unspecified atom stereocenters. The Balaban J connectivity index is 2.08. The molecule has 1 aromatic carbocycles. The van der Waals surface area contributed by atoms with E-state index in [1.165, 1.54) is 12.1 Å². The first-order valence-electron chi connectivity index (χ1n) is 5.68. The molecular weight excluding hydrogens is 255 g/mol. The normalized spacial score (nSPS) is 12.7. The van der Waals surface area contributed by atoms with Crippen LogP contribution in [0.3, 0.4) is 0 Å². The lowest BCUT2D eigenvalue weighted by Gasteiger charge is -2.13. The van der Waals surface area contributed by atoms with Crippen molar-refractivity contribution in [2.24, 2.45) is 7.05 Å². The van der Waals surface area contributed by atoms with Crippen LogP contribution in [0, 0.1) is 5.82 Å². The van der Waals surface area contributed by atoms with Crippen LogP contribution in [0.2, 0.25) is 5.02 Å². The second kappa shape index (κ2) is 5.50. The number of aromatic nitrogens is 2. The lowest BCUT2D eigenvalue weighted by atomic mass is 10.0. The molecular formula is C13H14ClFN2O. The van der Waals surface area contributed by atoms with Gasteiger partial charge in [-0.25, -0.2) is 4.39 Å². The van der Waals surface area contributed by atoms with Crippen LogP contribution in [-0.2, 0) is 13.5 Å². The Kier molecular flexibility index (Phi) is 3.99. The van der Waals surface area contributed by atoms with Gasteiger partial charge in [-0.15, -0.1) is 0 Å². The Morgan fingerprint density at radius 1 is 1.44 bits per heavy atom. The fourth-order valence-electron chi connectivity index (χ4n) is 1.90. The van der Waals surface area contributed by atoms with Crippen LogP contribution < -0.4 is 0 Å². The van der Waals surface area contributed by atoms with E-state index in [1.54, 1.807) is 16.9 Å². The monoisotopic (exact) mass is 268 g/mol. The van der Waals surface area contributed by atoms with E-state index < -0.39 is 11.9 Å². The quantitative estimate of drug-likeness (QED) is 0.926. The first-order valence-corrected chi connectivity index (χ1v) is 6.06. The first-order chi connectivity index (χ1) is 8.59. The van der Waals surface area contributed by atoms with Gasteiger partial charge >= 0.3 is 0 Å². The Morgan fingerprint density at radius 3 is 2.83 bits per heavy atom. The molecule has 0 saturated carbocycles. The summed E-state index contributed by atoms with van der Waals surface area (Å²) in [6, 6.07) is 6.27. The van der Waals surface area contributed by atoms with E-state index in [9.17, 15) is 9.50 Å². The van der Waals surface area contributed by atoms with E-state index in [-0.39, 0.29) is 10.6 Å². The smallest absolute Gasteiger partial charge is 0.130 e.